The number of hydrogen-bond acceptors (Lipinski definition) is 1. The lowest BCUT2D eigenvalue weighted by molar-refractivity contribution is 0.605. The quantitative estimate of drug-likeness (QED) is 0.684. The molecule has 0 N–H and O–H groups in total. The second kappa shape index (κ2) is 5.30. The SMILES string of the molecule is Fc1cc(Br)ccc1C(Cl)Cc1ccsc1. The highest BCUT2D eigenvalue weighted by atomic mass is 79.9. The van der Waals surface area contributed by atoms with Gasteiger partial charge in [-0.3, -0.25) is 0 Å². The zero-order chi connectivity index (χ0) is 11.5. The third-order valence-electron chi connectivity index (χ3n) is 2.29. The normalized spacial score (nSPS) is 12.7. The Hall–Kier alpha value is -0.380. The van der Waals surface area contributed by atoms with Crippen molar-refractivity contribution in [1.29, 1.82) is 0 Å². The molecule has 0 spiro atoms. The number of rotatable bonds is 3. The molecule has 0 aliphatic rings. The van der Waals surface area contributed by atoms with Gasteiger partial charge in [0.15, 0.2) is 0 Å². The van der Waals surface area contributed by atoms with Crippen LogP contribution in [0.1, 0.15) is 16.5 Å². The van der Waals surface area contributed by atoms with E-state index in [4.69, 9.17) is 11.6 Å². The standard InChI is InChI=1S/C12H9BrClFS/c13-9-1-2-10(12(15)6-9)11(14)5-8-3-4-16-7-8/h1-4,6-7,11H,5H2. The molecule has 0 amide bonds. The molecule has 84 valence electrons. The highest BCUT2D eigenvalue weighted by molar-refractivity contribution is 9.10. The van der Waals surface area contributed by atoms with Gasteiger partial charge in [-0.25, -0.2) is 4.39 Å². The van der Waals surface area contributed by atoms with E-state index in [0.717, 1.165) is 10.0 Å². The number of halogens is 3. The molecule has 1 unspecified atom stereocenters. The maximum atomic E-state index is 13.6. The van der Waals surface area contributed by atoms with E-state index >= 15 is 0 Å². The van der Waals surface area contributed by atoms with E-state index in [9.17, 15) is 4.39 Å². The molecule has 0 fully saturated rings. The summed E-state index contributed by atoms with van der Waals surface area (Å²) < 4.78 is 14.3. The van der Waals surface area contributed by atoms with E-state index in [1.54, 1.807) is 23.5 Å². The van der Waals surface area contributed by atoms with E-state index < -0.39 is 0 Å². The zero-order valence-electron chi connectivity index (χ0n) is 8.29. The van der Waals surface area contributed by atoms with Crippen LogP contribution in [0.15, 0.2) is 39.5 Å². The van der Waals surface area contributed by atoms with Crippen molar-refractivity contribution < 1.29 is 4.39 Å². The summed E-state index contributed by atoms with van der Waals surface area (Å²) in [4.78, 5) is 0. The predicted octanol–water partition coefficient (Wildman–Crippen LogP) is 5.17. The highest BCUT2D eigenvalue weighted by Gasteiger charge is 2.14. The van der Waals surface area contributed by atoms with Crippen molar-refractivity contribution >= 4 is 38.9 Å². The van der Waals surface area contributed by atoms with E-state index in [0.29, 0.717) is 12.0 Å². The fourth-order valence-corrected chi connectivity index (χ4v) is 2.85. The number of thiophene rings is 1. The van der Waals surface area contributed by atoms with E-state index in [1.165, 1.54) is 6.07 Å². The van der Waals surface area contributed by atoms with Gasteiger partial charge in [0.1, 0.15) is 5.82 Å². The molecule has 1 atom stereocenters. The average molecular weight is 320 g/mol. The molecule has 1 heterocycles. The molecule has 0 radical (unpaired) electrons. The Balaban J connectivity index is 2.17. The Morgan fingerprint density at radius 1 is 1.38 bits per heavy atom. The maximum absolute atomic E-state index is 13.6. The third kappa shape index (κ3) is 2.84. The van der Waals surface area contributed by atoms with Gasteiger partial charge in [-0.05, 0) is 40.9 Å². The molecule has 1 aromatic carbocycles. The minimum Gasteiger partial charge on any atom is -0.207 e. The van der Waals surface area contributed by atoms with Crippen molar-refractivity contribution in [3.63, 3.8) is 0 Å². The summed E-state index contributed by atoms with van der Waals surface area (Å²) in [5.74, 6) is -0.260. The summed E-state index contributed by atoms with van der Waals surface area (Å²) in [6.07, 6.45) is 0.656. The molecule has 0 aliphatic carbocycles. The molecule has 0 saturated carbocycles. The third-order valence-corrected chi connectivity index (χ3v) is 3.91. The van der Waals surface area contributed by atoms with Gasteiger partial charge in [-0.2, -0.15) is 11.3 Å². The van der Waals surface area contributed by atoms with E-state index in [2.05, 4.69) is 15.9 Å². The van der Waals surface area contributed by atoms with Crippen LogP contribution in [-0.2, 0) is 6.42 Å². The molecule has 2 aromatic rings. The molecule has 2 rings (SSSR count). The van der Waals surface area contributed by atoms with Gasteiger partial charge < -0.3 is 0 Å². The first-order chi connectivity index (χ1) is 7.66. The molecule has 4 heteroatoms. The Labute approximate surface area is 111 Å². The second-order valence-corrected chi connectivity index (χ2v) is 5.69. The summed E-state index contributed by atoms with van der Waals surface area (Å²) in [6, 6.07) is 6.99. The van der Waals surface area contributed by atoms with Crippen LogP contribution < -0.4 is 0 Å². The number of alkyl halides is 1. The summed E-state index contributed by atoms with van der Waals surface area (Å²) in [6.45, 7) is 0. The molecule has 0 aliphatic heterocycles. The first-order valence-electron chi connectivity index (χ1n) is 4.77. The molecular formula is C12H9BrClFS. The van der Waals surface area contributed by atoms with Crippen LogP contribution in [0.3, 0.4) is 0 Å². The fraction of sp³-hybridized carbons (Fsp3) is 0.167. The van der Waals surface area contributed by atoms with Crippen LogP contribution >= 0.6 is 38.9 Å². The van der Waals surface area contributed by atoms with Gasteiger partial charge in [0.2, 0.25) is 0 Å². The summed E-state index contributed by atoms with van der Waals surface area (Å²) >= 11 is 11.1. The lowest BCUT2D eigenvalue weighted by atomic mass is 10.1. The van der Waals surface area contributed by atoms with Gasteiger partial charge in [-0.1, -0.05) is 22.0 Å². The van der Waals surface area contributed by atoms with Crippen LogP contribution in [0, 0.1) is 5.82 Å². The Morgan fingerprint density at radius 2 is 2.19 bits per heavy atom. The maximum Gasteiger partial charge on any atom is 0.129 e. The monoisotopic (exact) mass is 318 g/mol. The Bertz CT molecular complexity index is 470. The van der Waals surface area contributed by atoms with Crippen molar-refractivity contribution in [3.8, 4) is 0 Å². The summed E-state index contributed by atoms with van der Waals surface area (Å²) in [7, 11) is 0. The lowest BCUT2D eigenvalue weighted by Gasteiger charge is -2.10. The fourth-order valence-electron chi connectivity index (χ4n) is 1.48. The summed E-state index contributed by atoms with van der Waals surface area (Å²) in [5.41, 5.74) is 1.70. The molecule has 0 nitrogen and oxygen atoms in total. The molecule has 16 heavy (non-hydrogen) atoms. The minimum absolute atomic E-state index is 0.260. The second-order valence-electron chi connectivity index (χ2n) is 3.47. The molecule has 0 saturated heterocycles. The van der Waals surface area contributed by atoms with Crippen LogP contribution in [0.25, 0.3) is 0 Å². The van der Waals surface area contributed by atoms with Gasteiger partial charge in [0.05, 0.1) is 5.38 Å². The topological polar surface area (TPSA) is 0 Å². The Kier molecular flexibility index (Phi) is 4.00. The van der Waals surface area contributed by atoms with Gasteiger partial charge in [0, 0.05) is 10.0 Å². The van der Waals surface area contributed by atoms with Crippen molar-refractivity contribution in [2.75, 3.05) is 0 Å². The van der Waals surface area contributed by atoms with E-state index in [1.807, 2.05) is 16.8 Å². The number of benzene rings is 1. The highest BCUT2D eigenvalue weighted by Crippen LogP contribution is 2.29. The van der Waals surface area contributed by atoms with Crippen molar-refractivity contribution in [2.24, 2.45) is 0 Å². The predicted molar refractivity (Wildman–Crippen MR) is 70.7 cm³/mol. The smallest absolute Gasteiger partial charge is 0.129 e. The van der Waals surface area contributed by atoms with Crippen LogP contribution in [0.5, 0.6) is 0 Å². The van der Waals surface area contributed by atoms with Crippen LogP contribution in [0.4, 0.5) is 4.39 Å². The van der Waals surface area contributed by atoms with Gasteiger partial charge in [-0.15, -0.1) is 11.6 Å². The van der Waals surface area contributed by atoms with Crippen molar-refractivity contribution in [3.05, 3.63) is 56.4 Å². The van der Waals surface area contributed by atoms with Crippen LogP contribution in [0.2, 0.25) is 0 Å². The Morgan fingerprint density at radius 3 is 2.81 bits per heavy atom. The van der Waals surface area contributed by atoms with Crippen LogP contribution in [-0.4, -0.2) is 0 Å². The minimum atomic E-state index is -0.317. The average Bonchev–Trinajstić information content (AvgIpc) is 2.70. The van der Waals surface area contributed by atoms with Crippen molar-refractivity contribution in [2.45, 2.75) is 11.8 Å². The molecule has 1 aromatic heterocycles. The first kappa shape index (κ1) is 12.1. The molecule has 0 bridgehead atoms. The lowest BCUT2D eigenvalue weighted by Crippen LogP contribution is -1.98. The first-order valence-corrected chi connectivity index (χ1v) is 6.94. The van der Waals surface area contributed by atoms with Gasteiger partial charge in [0.25, 0.3) is 0 Å². The molecular weight excluding hydrogens is 311 g/mol. The summed E-state index contributed by atoms with van der Waals surface area (Å²) in [5, 5.41) is 3.71. The van der Waals surface area contributed by atoms with Crippen molar-refractivity contribution in [1.82, 2.24) is 0 Å². The largest absolute Gasteiger partial charge is 0.207 e. The zero-order valence-corrected chi connectivity index (χ0v) is 11.4. The van der Waals surface area contributed by atoms with Gasteiger partial charge >= 0.3 is 0 Å². The van der Waals surface area contributed by atoms with E-state index in [-0.39, 0.29) is 11.2 Å². The number of hydrogen-bond donors (Lipinski definition) is 0.